The summed E-state index contributed by atoms with van der Waals surface area (Å²) in [6.45, 7) is 1.52. The second-order valence-electron chi connectivity index (χ2n) is 5.45. The molecule has 2 aliphatic heterocycles. The minimum Gasteiger partial charge on any atom is -0.315 e. The highest BCUT2D eigenvalue weighted by molar-refractivity contribution is 5.16. The molecule has 0 radical (unpaired) electrons. The van der Waals surface area contributed by atoms with E-state index in [1.165, 1.54) is 0 Å². The average molecular weight is 270 g/mol. The van der Waals surface area contributed by atoms with Gasteiger partial charge in [-0.15, -0.1) is 0 Å². The topological polar surface area (TPSA) is 15.3 Å². The van der Waals surface area contributed by atoms with Crippen LogP contribution >= 0.6 is 0 Å². The Morgan fingerprint density at radius 1 is 1.16 bits per heavy atom. The van der Waals surface area contributed by atoms with Crippen LogP contribution in [0.1, 0.15) is 12.0 Å². The number of piperidine rings is 1. The predicted molar refractivity (Wildman–Crippen MR) is 66.6 cm³/mol. The van der Waals surface area contributed by atoms with Crippen molar-refractivity contribution in [3.05, 3.63) is 35.9 Å². The molecule has 2 bridgehead atoms. The minimum atomic E-state index is -4.14. The number of likely N-dealkylation sites (tertiary alicyclic amines) is 1. The Hall–Kier alpha value is -1.07. The van der Waals surface area contributed by atoms with Gasteiger partial charge in [0.15, 0.2) is 0 Å². The number of benzene rings is 1. The fourth-order valence-electron chi connectivity index (χ4n) is 3.42. The summed E-state index contributed by atoms with van der Waals surface area (Å²) in [7, 11) is 0. The molecule has 0 saturated carbocycles. The van der Waals surface area contributed by atoms with Gasteiger partial charge in [0, 0.05) is 19.1 Å². The van der Waals surface area contributed by atoms with Crippen LogP contribution in [0, 0.1) is 5.92 Å². The van der Waals surface area contributed by atoms with Crippen LogP contribution in [-0.2, 0) is 6.54 Å². The smallest absolute Gasteiger partial charge is 0.315 e. The monoisotopic (exact) mass is 270 g/mol. The molecule has 2 unspecified atom stereocenters. The van der Waals surface area contributed by atoms with Gasteiger partial charge in [-0.3, -0.25) is 4.90 Å². The molecule has 1 N–H and O–H groups in total. The third kappa shape index (κ3) is 2.49. The van der Waals surface area contributed by atoms with E-state index in [1.54, 1.807) is 4.90 Å². The van der Waals surface area contributed by atoms with Crippen LogP contribution in [0.25, 0.3) is 0 Å². The van der Waals surface area contributed by atoms with E-state index in [0.29, 0.717) is 26.1 Å². The van der Waals surface area contributed by atoms with Crippen molar-refractivity contribution in [2.24, 2.45) is 5.92 Å². The summed E-state index contributed by atoms with van der Waals surface area (Å²) in [4.78, 5) is 1.64. The second kappa shape index (κ2) is 4.80. The van der Waals surface area contributed by atoms with E-state index < -0.39 is 12.2 Å². The average Bonchev–Trinajstić information content (AvgIpc) is 2.61. The molecule has 2 fully saturated rings. The molecule has 19 heavy (non-hydrogen) atoms. The molecule has 3 rings (SSSR count). The molecule has 104 valence electrons. The largest absolute Gasteiger partial charge is 0.404 e. The third-order valence-electron chi connectivity index (χ3n) is 4.18. The van der Waals surface area contributed by atoms with Crippen LogP contribution in [0.5, 0.6) is 0 Å². The fourth-order valence-corrected chi connectivity index (χ4v) is 3.42. The second-order valence-corrected chi connectivity index (χ2v) is 5.45. The zero-order chi connectivity index (χ0) is 13.5. The van der Waals surface area contributed by atoms with Crippen LogP contribution in [0.15, 0.2) is 30.3 Å². The number of nitrogens with one attached hydrogen (secondary N) is 1. The van der Waals surface area contributed by atoms with Crippen LogP contribution in [0.2, 0.25) is 0 Å². The zero-order valence-corrected chi connectivity index (χ0v) is 10.5. The lowest BCUT2D eigenvalue weighted by Crippen LogP contribution is -2.46. The van der Waals surface area contributed by atoms with E-state index in [-0.39, 0.29) is 12.0 Å². The van der Waals surface area contributed by atoms with Gasteiger partial charge in [0.2, 0.25) is 0 Å². The highest BCUT2D eigenvalue weighted by atomic mass is 19.4. The van der Waals surface area contributed by atoms with Crippen molar-refractivity contribution >= 4 is 0 Å². The molecular formula is C14H17F3N2. The maximum Gasteiger partial charge on any atom is 0.404 e. The van der Waals surface area contributed by atoms with Crippen molar-refractivity contribution in [3.63, 3.8) is 0 Å². The molecule has 0 spiro atoms. The lowest BCUT2D eigenvalue weighted by atomic mass is 9.96. The van der Waals surface area contributed by atoms with E-state index in [2.05, 4.69) is 5.32 Å². The molecule has 0 aromatic heterocycles. The van der Waals surface area contributed by atoms with Gasteiger partial charge in [0.05, 0.1) is 0 Å². The maximum atomic E-state index is 13.3. The lowest BCUT2D eigenvalue weighted by molar-refractivity contribution is -0.187. The van der Waals surface area contributed by atoms with Gasteiger partial charge in [-0.1, -0.05) is 30.3 Å². The van der Waals surface area contributed by atoms with Crippen molar-refractivity contribution < 1.29 is 13.2 Å². The molecule has 1 aromatic carbocycles. The number of fused-ring (bicyclic) bond motifs is 2. The van der Waals surface area contributed by atoms with Gasteiger partial charge in [-0.05, 0) is 24.4 Å². The van der Waals surface area contributed by atoms with Crippen molar-refractivity contribution in [1.29, 1.82) is 0 Å². The summed E-state index contributed by atoms with van der Waals surface area (Å²) in [5, 5.41) is 3.12. The van der Waals surface area contributed by atoms with E-state index >= 15 is 0 Å². The van der Waals surface area contributed by atoms with E-state index in [1.807, 2.05) is 30.3 Å². The number of alkyl halides is 3. The highest BCUT2D eigenvalue weighted by Gasteiger charge is 2.55. The molecular weight excluding hydrogens is 253 g/mol. The zero-order valence-electron chi connectivity index (χ0n) is 10.5. The Labute approximate surface area is 110 Å². The molecule has 2 saturated heterocycles. The SMILES string of the molecule is FC(F)(F)[C@@H]1C2CNCC(C2)N1Cc1ccccc1. The first-order valence-electron chi connectivity index (χ1n) is 6.63. The van der Waals surface area contributed by atoms with Crippen LogP contribution in [0.4, 0.5) is 13.2 Å². The van der Waals surface area contributed by atoms with Crippen molar-refractivity contribution in [3.8, 4) is 0 Å². The summed E-state index contributed by atoms with van der Waals surface area (Å²) in [5.74, 6) is -0.303. The summed E-state index contributed by atoms with van der Waals surface area (Å²) >= 11 is 0. The van der Waals surface area contributed by atoms with Crippen LogP contribution < -0.4 is 5.32 Å². The normalized spacial score (nSPS) is 31.6. The first kappa shape index (κ1) is 12.9. The molecule has 2 nitrogen and oxygen atoms in total. The van der Waals surface area contributed by atoms with Crippen molar-refractivity contribution in [2.75, 3.05) is 13.1 Å². The summed E-state index contributed by atoms with van der Waals surface area (Å²) in [6.07, 6.45) is -3.48. The molecule has 3 atom stereocenters. The number of nitrogens with zero attached hydrogens (tertiary/aromatic N) is 1. The predicted octanol–water partition coefficient (Wildman–Crippen LogP) is 2.41. The Balaban J connectivity index is 1.85. The summed E-state index contributed by atoms with van der Waals surface area (Å²) < 4.78 is 39.8. The number of hydrogen-bond acceptors (Lipinski definition) is 2. The van der Waals surface area contributed by atoms with E-state index in [4.69, 9.17) is 0 Å². The number of rotatable bonds is 2. The fraction of sp³-hybridized carbons (Fsp3) is 0.571. The van der Waals surface area contributed by atoms with Gasteiger partial charge in [0.1, 0.15) is 6.04 Å². The summed E-state index contributed by atoms with van der Waals surface area (Å²) in [5.41, 5.74) is 0.948. The Bertz CT molecular complexity index is 432. The summed E-state index contributed by atoms with van der Waals surface area (Å²) in [6, 6.07) is 8.12. The van der Waals surface area contributed by atoms with E-state index in [0.717, 1.165) is 5.56 Å². The van der Waals surface area contributed by atoms with Gasteiger partial charge in [-0.2, -0.15) is 13.2 Å². The maximum absolute atomic E-state index is 13.3. The minimum absolute atomic E-state index is 0.00517. The Morgan fingerprint density at radius 3 is 2.58 bits per heavy atom. The molecule has 2 heterocycles. The standard InChI is InChI=1S/C14H17F3N2/c15-14(16,17)13-11-6-12(8-18-7-11)19(13)9-10-4-2-1-3-5-10/h1-5,11-13,18H,6-9H2/t11?,12?,13-/m0/s1. The van der Waals surface area contributed by atoms with Crippen molar-refractivity contribution in [1.82, 2.24) is 10.2 Å². The van der Waals surface area contributed by atoms with Gasteiger partial charge in [-0.25, -0.2) is 0 Å². The third-order valence-corrected chi connectivity index (χ3v) is 4.18. The van der Waals surface area contributed by atoms with Crippen LogP contribution in [0.3, 0.4) is 0 Å². The van der Waals surface area contributed by atoms with E-state index in [9.17, 15) is 13.2 Å². The first-order chi connectivity index (χ1) is 9.05. The van der Waals surface area contributed by atoms with Crippen molar-refractivity contribution in [2.45, 2.75) is 31.2 Å². The molecule has 0 amide bonds. The van der Waals surface area contributed by atoms with Gasteiger partial charge >= 0.3 is 6.18 Å². The Morgan fingerprint density at radius 2 is 1.89 bits per heavy atom. The number of halogens is 3. The van der Waals surface area contributed by atoms with Gasteiger partial charge < -0.3 is 5.32 Å². The van der Waals surface area contributed by atoms with Crippen LogP contribution in [-0.4, -0.2) is 36.2 Å². The highest BCUT2D eigenvalue weighted by Crippen LogP contribution is 2.41. The molecule has 5 heteroatoms. The molecule has 0 aliphatic carbocycles. The van der Waals surface area contributed by atoms with Gasteiger partial charge in [0.25, 0.3) is 0 Å². The first-order valence-corrected chi connectivity index (χ1v) is 6.63. The quantitative estimate of drug-likeness (QED) is 0.888. The lowest BCUT2D eigenvalue weighted by Gasteiger charge is -2.30. The molecule has 2 aliphatic rings. The Kier molecular flexibility index (Phi) is 3.27. The number of hydrogen-bond donors (Lipinski definition) is 1. The molecule has 1 aromatic rings.